The molecule has 0 spiro atoms. The minimum atomic E-state index is -0.0803. The van der Waals surface area contributed by atoms with Crippen molar-refractivity contribution in [3.63, 3.8) is 0 Å². The molecular formula is C19H26N4O2. The van der Waals surface area contributed by atoms with Crippen LogP contribution in [0.5, 0.6) is 0 Å². The molecule has 1 N–H and O–H groups in total. The van der Waals surface area contributed by atoms with Gasteiger partial charge in [0.1, 0.15) is 0 Å². The summed E-state index contributed by atoms with van der Waals surface area (Å²) < 4.78 is 1.71. The van der Waals surface area contributed by atoms with E-state index in [0.717, 1.165) is 37.1 Å². The molecule has 2 aromatic rings. The van der Waals surface area contributed by atoms with E-state index in [4.69, 9.17) is 0 Å². The van der Waals surface area contributed by atoms with Crippen LogP contribution < -0.4 is 0 Å². The Bertz CT molecular complexity index is 730. The zero-order valence-corrected chi connectivity index (χ0v) is 15.1. The van der Waals surface area contributed by atoms with Gasteiger partial charge in [-0.3, -0.25) is 4.79 Å². The van der Waals surface area contributed by atoms with Crippen LogP contribution in [0.15, 0.2) is 24.3 Å². The summed E-state index contributed by atoms with van der Waals surface area (Å²) in [6.45, 7) is 4.16. The first-order valence-electron chi connectivity index (χ1n) is 8.88. The molecule has 0 radical (unpaired) electrons. The Balaban J connectivity index is 1.75. The molecule has 0 aliphatic heterocycles. The van der Waals surface area contributed by atoms with Crippen molar-refractivity contribution in [3.8, 4) is 5.69 Å². The lowest BCUT2D eigenvalue weighted by atomic mass is 9.86. The lowest BCUT2D eigenvalue weighted by Gasteiger charge is -2.33. The largest absolute Gasteiger partial charge is 0.396 e. The van der Waals surface area contributed by atoms with Crippen LogP contribution in [0.4, 0.5) is 0 Å². The molecule has 1 aliphatic carbocycles. The van der Waals surface area contributed by atoms with Crippen LogP contribution in [0, 0.1) is 19.8 Å². The molecule has 1 fully saturated rings. The number of benzene rings is 1. The van der Waals surface area contributed by atoms with Crippen LogP contribution in [0.25, 0.3) is 5.69 Å². The molecule has 1 saturated carbocycles. The van der Waals surface area contributed by atoms with Gasteiger partial charge >= 0.3 is 0 Å². The molecule has 6 nitrogen and oxygen atoms in total. The van der Waals surface area contributed by atoms with Crippen LogP contribution in [-0.2, 0) is 0 Å². The van der Waals surface area contributed by atoms with Crippen molar-refractivity contribution in [2.45, 2.75) is 45.6 Å². The molecule has 3 rings (SSSR count). The van der Waals surface area contributed by atoms with Crippen molar-refractivity contribution < 1.29 is 9.90 Å². The topological polar surface area (TPSA) is 71.2 Å². The molecule has 0 unspecified atom stereocenters. The third-order valence-corrected chi connectivity index (χ3v) is 5.32. The molecule has 1 aliphatic rings. The summed E-state index contributed by atoms with van der Waals surface area (Å²) in [6, 6.07) is 8.20. The highest BCUT2D eigenvalue weighted by Gasteiger charge is 2.29. The van der Waals surface area contributed by atoms with Gasteiger partial charge in [-0.25, -0.2) is 4.68 Å². The monoisotopic (exact) mass is 342 g/mol. The number of carbonyl (C=O) groups is 1. The lowest BCUT2D eigenvalue weighted by molar-refractivity contribution is 0.0646. The van der Waals surface area contributed by atoms with E-state index in [1.54, 1.807) is 9.58 Å². The van der Waals surface area contributed by atoms with E-state index in [9.17, 15) is 9.90 Å². The highest BCUT2D eigenvalue weighted by Crippen LogP contribution is 2.27. The number of nitrogens with zero attached hydrogens (tertiary/aromatic N) is 4. The third-order valence-electron chi connectivity index (χ3n) is 5.32. The fourth-order valence-corrected chi connectivity index (χ4v) is 3.51. The minimum absolute atomic E-state index is 0.0803. The highest BCUT2D eigenvalue weighted by atomic mass is 16.3. The Morgan fingerprint density at radius 2 is 1.84 bits per heavy atom. The maximum absolute atomic E-state index is 12.9. The van der Waals surface area contributed by atoms with Crippen LogP contribution >= 0.6 is 0 Å². The van der Waals surface area contributed by atoms with Crippen LogP contribution in [0.1, 0.15) is 47.4 Å². The second kappa shape index (κ2) is 7.35. The van der Waals surface area contributed by atoms with Crippen LogP contribution in [0.2, 0.25) is 0 Å². The number of hydrogen-bond donors (Lipinski definition) is 1. The molecule has 0 saturated heterocycles. The molecule has 1 heterocycles. The summed E-state index contributed by atoms with van der Waals surface area (Å²) in [5.74, 6) is 0.298. The normalized spacial score (nSPS) is 20.5. The Morgan fingerprint density at radius 3 is 2.44 bits per heavy atom. The molecular weight excluding hydrogens is 316 g/mol. The van der Waals surface area contributed by atoms with E-state index < -0.39 is 0 Å². The van der Waals surface area contributed by atoms with E-state index in [-0.39, 0.29) is 18.6 Å². The van der Waals surface area contributed by atoms with Crippen molar-refractivity contribution >= 4 is 5.91 Å². The summed E-state index contributed by atoms with van der Waals surface area (Å²) in [6.07, 6.45) is 3.79. The molecule has 1 amide bonds. The number of aromatic nitrogens is 3. The predicted molar refractivity (Wildman–Crippen MR) is 95.8 cm³/mol. The fraction of sp³-hybridized carbons (Fsp3) is 0.526. The average Bonchev–Trinajstić information content (AvgIpc) is 3.02. The van der Waals surface area contributed by atoms with E-state index >= 15 is 0 Å². The highest BCUT2D eigenvalue weighted by molar-refractivity contribution is 5.93. The molecule has 6 heteroatoms. The molecule has 0 atom stereocenters. The Hall–Kier alpha value is -2.21. The smallest absolute Gasteiger partial charge is 0.276 e. The molecule has 1 aromatic carbocycles. The number of aryl methyl sites for hydroxylation is 1. The lowest BCUT2D eigenvalue weighted by Crippen LogP contribution is -2.40. The van der Waals surface area contributed by atoms with E-state index in [1.807, 2.05) is 45.2 Å². The van der Waals surface area contributed by atoms with Gasteiger partial charge in [-0.15, -0.1) is 5.10 Å². The maximum Gasteiger partial charge on any atom is 0.276 e. The van der Waals surface area contributed by atoms with Gasteiger partial charge in [0.25, 0.3) is 5.91 Å². The van der Waals surface area contributed by atoms with Crippen molar-refractivity contribution in [3.05, 3.63) is 41.2 Å². The molecule has 0 bridgehead atoms. The van der Waals surface area contributed by atoms with Crippen molar-refractivity contribution in [2.24, 2.45) is 5.92 Å². The van der Waals surface area contributed by atoms with Gasteiger partial charge in [-0.2, -0.15) is 0 Å². The number of aliphatic hydroxyl groups excluding tert-OH is 1. The number of rotatable bonds is 4. The minimum Gasteiger partial charge on any atom is -0.396 e. The second-order valence-corrected chi connectivity index (χ2v) is 7.04. The number of amides is 1. The van der Waals surface area contributed by atoms with Gasteiger partial charge < -0.3 is 10.0 Å². The Labute approximate surface area is 148 Å². The zero-order valence-electron chi connectivity index (χ0n) is 15.1. The first kappa shape index (κ1) is 17.6. The summed E-state index contributed by atoms with van der Waals surface area (Å²) in [4.78, 5) is 14.7. The first-order chi connectivity index (χ1) is 12.0. The zero-order chi connectivity index (χ0) is 18.0. The average molecular weight is 342 g/mol. The number of hydrogen-bond acceptors (Lipinski definition) is 4. The number of carbonyl (C=O) groups excluding carboxylic acids is 1. The maximum atomic E-state index is 12.9. The SMILES string of the molecule is Cc1ccc(-n2nnc(C(=O)N(C)C3CCC(CO)CC3)c2C)cc1. The van der Waals surface area contributed by atoms with E-state index in [1.165, 1.54) is 5.56 Å². The fourth-order valence-electron chi connectivity index (χ4n) is 3.51. The van der Waals surface area contributed by atoms with Crippen molar-refractivity contribution in [1.29, 1.82) is 0 Å². The Morgan fingerprint density at radius 1 is 1.20 bits per heavy atom. The summed E-state index contributed by atoms with van der Waals surface area (Å²) in [7, 11) is 1.84. The summed E-state index contributed by atoms with van der Waals surface area (Å²) >= 11 is 0. The van der Waals surface area contributed by atoms with Gasteiger partial charge in [-0.05, 0) is 57.6 Å². The van der Waals surface area contributed by atoms with Crippen LogP contribution in [0.3, 0.4) is 0 Å². The van der Waals surface area contributed by atoms with Crippen LogP contribution in [-0.4, -0.2) is 50.6 Å². The second-order valence-electron chi connectivity index (χ2n) is 7.04. The quantitative estimate of drug-likeness (QED) is 0.927. The van der Waals surface area contributed by atoms with Gasteiger partial charge in [0.15, 0.2) is 5.69 Å². The van der Waals surface area contributed by atoms with Crippen molar-refractivity contribution in [2.75, 3.05) is 13.7 Å². The van der Waals surface area contributed by atoms with Crippen molar-refractivity contribution in [1.82, 2.24) is 19.9 Å². The summed E-state index contributed by atoms with van der Waals surface area (Å²) in [5.41, 5.74) is 3.24. The van der Waals surface area contributed by atoms with E-state index in [0.29, 0.717) is 11.6 Å². The van der Waals surface area contributed by atoms with Gasteiger partial charge in [0.2, 0.25) is 0 Å². The summed E-state index contributed by atoms with van der Waals surface area (Å²) in [5, 5.41) is 17.6. The predicted octanol–water partition coefficient (Wildman–Crippen LogP) is 2.51. The molecule has 134 valence electrons. The Kier molecular flexibility index (Phi) is 5.18. The van der Waals surface area contributed by atoms with Gasteiger partial charge in [0, 0.05) is 19.7 Å². The third kappa shape index (κ3) is 3.58. The first-order valence-corrected chi connectivity index (χ1v) is 8.88. The number of aliphatic hydroxyl groups is 1. The molecule has 1 aromatic heterocycles. The van der Waals surface area contributed by atoms with Gasteiger partial charge in [-0.1, -0.05) is 22.9 Å². The molecule has 25 heavy (non-hydrogen) atoms. The van der Waals surface area contributed by atoms with E-state index in [2.05, 4.69) is 10.3 Å². The van der Waals surface area contributed by atoms with Gasteiger partial charge in [0.05, 0.1) is 11.4 Å². The standard InChI is InChI=1S/C19H26N4O2/c1-13-4-8-17(9-5-13)23-14(2)18(20-21-23)19(25)22(3)16-10-6-15(12-24)7-11-16/h4-5,8-9,15-16,24H,6-7,10-12H2,1-3H3.